The summed E-state index contributed by atoms with van der Waals surface area (Å²) < 4.78 is 6.92. The average Bonchev–Trinajstić information content (AvgIpc) is 2.83. The molecule has 6 nitrogen and oxygen atoms in total. The van der Waals surface area contributed by atoms with Crippen molar-refractivity contribution in [3.63, 3.8) is 0 Å². The summed E-state index contributed by atoms with van der Waals surface area (Å²) in [6.45, 7) is 9.31. The molecule has 1 heterocycles. The molecule has 34 heavy (non-hydrogen) atoms. The SMILES string of the molecule is CCCCCC(=O)N(CCCOC)C(C)c1nc2ccccc2c(=O)n1-c1ccc(C)c(C)c1. The summed E-state index contributed by atoms with van der Waals surface area (Å²) in [7, 11) is 1.67. The van der Waals surface area contributed by atoms with Crippen LogP contribution in [0.1, 0.15) is 68.9 Å². The summed E-state index contributed by atoms with van der Waals surface area (Å²) in [5.74, 6) is 0.666. The van der Waals surface area contributed by atoms with Crippen LogP contribution in [0.15, 0.2) is 47.3 Å². The van der Waals surface area contributed by atoms with Gasteiger partial charge in [0.2, 0.25) is 5.91 Å². The van der Waals surface area contributed by atoms with E-state index >= 15 is 0 Å². The Morgan fingerprint density at radius 2 is 1.85 bits per heavy atom. The first kappa shape index (κ1) is 25.6. The van der Waals surface area contributed by atoms with Crippen LogP contribution < -0.4 is 5.56 Å². The molecule has 0 saturated carbocycles. The van der Waals surface area contributed by atoms with Gasteiger partial charge in [-0.2, -0.15) is 0 Å². The molecule has 3 rings (SSSR count). The zero-order chi connectivity index (χ0) is 24.7. The molecule has 0 aliphatic carbocycles. The zero-order valence-corrected chi connectivity index (χ0v) is 21.1. The van der Waals surface area contributed by atoms with E-state index in [-0.39, 0.29) is 17.5 Å². The van der Waals surface area contributed by atoms with Crippen LogP contribution in [-0.4, -0.2) is 40.6 Å². The summed E-state index contributed by atoms with van der Waals surface area (Å²) >= 11 is 0. The zero-order valence-electron chi connectivity index (χ0n) is 21.1. The van der Waals surface area contributed by atoms with Gasteiger partial charge in [0, 0.05) is 26.7 Å². The fourth-order valence-corrected chi connectivity index (χ4v) is 4.27. The van der Waals surface area contributed by atoms with Crippen LogP contribution in [0.5, 0.6) is 0 Å². The lowest BCUT2D eigenvalue weighted by Crippen LogP contribution is -2.38. The second-order valence-electron chi connectivity index (χ2n) is 8.96. The number of nitrogens with zero attached hydrogens (tertiary/aromatic N) is 3. The Labute approximate surface area is 202 Å². The second-order valence-corrected chi connectivity index (χ2v) is 8.96. The van der Waals surface area contributed by atoms with Gasteiger partial charge in [-0.1, -0.05) is 38.0 Å². The number of carbonyl (C=O) groups is 1. The number of hydrogen-bond acceptors (Lipinski definition) is 4. The van der Waals surface area contributed by atoms with E-state index < -0.39 is 0 Å². The van der Waals surface area contributed by atoms with Gasteiger partial charge in [-0.25, -0.2) is 4.98 Å². The molecule has 0 bridgehead atoms. The van der Waals surface area contributed by atoms with E-state index in [2.05, 4.69) is 13.8 Å². The molecular formula is C28H37N3O3. The van der Waals surface area contributed by atoms with Crippen molar-refractivity contribution in [2.75, 3.05) is 20.3 Å². The molecule has 3 aromatic rings. The Morgan fingerprint density at radius 1 is 1.09 bits per heavy atom. The van der Waals surface area contributed by atoms with Crippen LogP contribution >= 0.6 is 0 Å². The third-order valence-electron chi connectivity index (χ3n) is 6.45. The topological polar surface area (TPSA) is 64.4 Å². The minimum absolute atomic E-state index is 0.0890. The minimum atomic E-state index is -0.370. The van der Waals surface area contributed by atoms with Gasteiger partial charge in [0.05, 0.1) is 22.6 Å². The predicted molar refractivity (Wildman–Crippen MR) is 138 cm³/mol. The number of fused-ring (bicyclic) bond motifs is 1. The van der Waals surface area contributed by atoms with Crippen LogP contribution in [0.25, 0.3) is 16.6 Å². The van der Waals surface area contributed by atoms with Crippen LogP contribution in [0, 0.1) is 13.8 Å². The van der Waals surface area contributed by atoms with Gasteiger partial charge in [-0.05, 0) is 69.0 Å². The van der Waals surface area contributed by atoms with Crippen molar-refractivity contribution in [3.8, 4) is 5.69 Å². The van der Waals surface area contributed by atoms with Crippen LogP contribution in [0.3, 0.4) is 0 Å². The van der Waals surface area contributed by atoms with Crippen molar-refractivity contribution in [2.24, 2.45) is 0 Å². The Morgan fingerprint density at radius 3 is 2.56 bits per heavy atom. The molecule has 0 saturated heterocycles. The van der Waals surface area contributed by atoms with Crippen molar-refractivity contribution in [3.05, 3.63) is 69.8 Å². The van der Waals surface area contributed by atoms with Gasteiger partial charge in [-0.15, -0.1) is 0 Å². The summed E-state index contributed by atoms with van der Waals surface area (Å²) in [6, 6.07) is 13.0. The molecule has 1 amide bonds. The van der Waals surface area contributed by atoms with Gasteiger partial charge in [0.1, 0.15) is 5.82 Å². The second kappa shape index (κ2) is 11.9. The Balaban J connectivity index is 2.14. The number of benzene rings is 2. The fourth-order valence-electron chi connectivity index (χ4n) is 4.27. The lowest BCUT2D eigenvalue weighted by atomic mass is 10.1. The van der Waals surface area contributed by atoms with E-state index in [9.17, 15) is 9.59 Å². The van der Waals surface area contributed by atoms with Crippen LogP contribution in [0.4, 0.5) is 0 Å². The summed E-state index contributed by atoms with van der Waals surface area (Å²) in [5, 5.41) is 0.567. The van der Waals surface area contributed by atoms with Crippen LogP contribution in [0.2, 0.25) is 0 Å². The Bertz CT molecular complexity index is 1190. The molecule has 0 fully saturated rings. The number of unbranched alkanes of at least 4 members (excludes halogenated alkanes) is 2. The molecular weight excluding hydrogens is 426 g/mol. The van der Waals surface area contributed by atoms with E-state index in [0.29, 0.717) is 36.3 Å². The summed E-state index contributed by atoms with van der Waals surface area (Å²) in [6.07, 6.45) is 4.16. The number of aromatic nitrogens is 2. The molecule has 2 aromatic carbocycles. The maximum atomic E-state index is 13.7. The number of hydrogen-bond donors (Lipinski definition) is 0. The predicted octanol–water partition coefficient (Wildman–Crippen LogP) is 5.51. The first-order valence-corrected chi connectivity index (χ1v) is 12.3. The molecule has 0 aliphatic rings. The average molecular weight is 464 g/mol. The number of amides is 1. The molecule has 182 valence electrons. The molecule has 1 unspecified atom stereocenters. The van der Waals surface area contributed by atoms with Gasteiger partial charge >= 0.3 is 0 Å². The van der Waals surface area contributed by atoms with E-state index in [1.54, 1.807) is 11.7 Å². The fraction of sp³-hybridized carbons (Fsp3) is 0.464. The highest BCUT2D eigenvalue weighted by Gasteiger charge is 2.26. The lowest BCUT2D eigenvalue weighted by molar-refractivity contribution is -0.134. The van der Waals surface area contributed by atoms with Gasteiger partial charge in [-0.3, -0.25) is 14.2 Å². The summed E-state index contributed by atoms with van der Waals surface area (Å²) in [5.41, 5.74) is 3.55. The first-order chi connectivity index (χ1) is 16.4. The van der Waals surface area contributed by atoms with Crippen molar-refractivity contribution in [1.29, 1.82) is 0 Å². The van der Waals surface area contributed by atoms with E-state index in [1.165, 1.54) is 0 Å². The largest absolute Gasteiger partial charge is 0.385 e. The first-order valence-electron chi connectivity index (χ1n) is 12.3. The molecule has 0 N–H and O–H groups in total. The van der Waals surface area contributed by atoms with E-state index in [4.69, 9.17) is 9.72 Å². The molecule has 6 heteroatoms. The smallest absolute Gasteiger partial charge is 0.266 e. The molecule has 1 aromatic heterocycles. The normalized spacial score (nSPS) is 12.1. The third-order valence-corrected chi connectivity index (χ3v) is 6.45. The maximum absolute atomic E-state index is 13.7. The van der Waals surface area contributed by atoms with Crippen molar-refractivity contribution in [1.82, 2.24) is 14.5 Å². The lowest BCUT2D eigenvalue weighted by Gasteiger charge is -2.31. The molecule has 0 aliphatic heterocycles. The van der Waals surface area contributed by atoms with Crippen LogP contribution in [-0.2, 0) is 9.53 Å². The van der Waals surface area contributed by atoms with Gasteiger partial charge in [0.25, 0.3) is 5.56 Å². The highest BCUT2D eigenvalue weighted by Crippen LogP contribution is 2.25. The number of methoxy groups -OCH3 is 1. The third kappa shape index (κ3) is 5.73. The monoisotopic (exact) mass is 463 g/mol. The highest BCUT2D eigenvalue weighted by atomic mass is 16.5. The summed E-state index contributed by atoms with van der Waals surface area (Å²) in [4.78, 5) is 33.8. The standard InChI is InChI=1S/C28H37N3O3/c1-6-7-8-14-26(32)30(17-11-18-34-5)22(4)27-29-25-13-10-9-12-24(25)28(33)31(27)23-16-15-20(2)21(3)19-23/h9-10,12-13,15-16,19,22H,6-8,11,14,17-18H2,1-5H3. The number of para-hydroxylation sites is 1. The van der Waals surface area contributed by atoms with Gasteiger partial charge < -0.3 is 9.64 Å². The minimum Gasteiger partial charge on any atom is -0.385 e. The molecule has 0 radical (unpaired) electrons. The van der Waals surface area contributed by atoms with Crippen molar-refractivity contribution in [2.45, 2.75) is 65.8 Å². The Kier molecular flexibility index (Phi) is 8.99. The van der Waals surface area contributed by atoms with Crippen molar-refractivity contribution >= 4 is 16.8 Å². The van der Waals surface area contributed by atoms with E-state index in [0.717, 1.165) is 42.5 Å². The Hall–Kier alpha value is -2.99. The molecule has 1 atom stereocenters. The quantitative estimate of drug-likeness (QED) is 0.352. The van der Waals surface area contributed by atoms with E-state index in [1.807, 2.05) is 61.2 Å². The number of rotatable bonds is 11. The van der Waals surface area contributed by atoms with Crippen molar-refractivity contribution < 1.29 is 9.53 Å². The number of aryl methyl sites for hydroxylation is 2. The highest BCUT2D eigenvalue weighted by molar-refractivity contribution is 5.79. The number of ether oxygens (including phenoxy) is 1. The molecule has 0 spiro atoms. The van der Waals surface area contributed by atoms with Gasteiger partial charge in [0.15, 0.2) is 0 Å². The number of carbonyl (C=O) groups excluding carboxylic acids is 1. The maximum Gasteiger partial charge on any atom is 0.266 e.